The third kappa shape index (κ3) is 6.60. The number of benzene rings is 2. The van der Waals surface area contributed by atoms with Crippen molar-refractivity contribution in [1.82, 2.24) is 29.9 Å². The van der Waals surface area contributed by atoms with Crippen LogP contribution in [0, 0.1) is 5.82 Å². The van der Waals surface area contributed by atoms with E-state index in [-0.39, 0.29) is 40.1 Å². The van der Waals surface area contributed by atoms with Gasteiger partial charge in [0.25, 0.3) is 5.91 Å². The molecule has 2 unspecified atom stereocenters. The van der Waals surface area contributed by atoms with Gasteiger partial charge < -0.3 is 15.4 Å². The predicted octanol–water partition coefficient (Wildman–Crippen LogP) is 5.71. The average Bonchev–Trinajstić information content (AvgIpc) is 3.69. The zero-order valence-corrected chi connectivity index (χ0v) is 28.2. The van der Waals surface area contributed by atoms with Crippen molar-refractivity contribution in [3.8, 4) is 16.9 Å². The number of halogens is 3. The lowest BCUT2D eigenvalue weighted by molar-refractivity contribution is -0.136. The van der Waals surface area contributed by atoms with E-state index >= 15 is 0 Å². The van der Waals surface area contributed by atoms with Gasteiger partial charge in [0.1, 0.15) is 18.0 Å². The van der Waals surface area contributed by atoms with Gasteiger partial charge >= 0.3 is 0 Å². The van der Waals surface area contributed by atoms with Crippen LogP contribution in [0.5, 0.6) is 5.75 Å². The molecule has 254 valence electrons. The van der Waals surface area contributed by atoms with Gasteiger partial charge in [-0.05, 0) is 61.6 Å². The van der Waals surface area contributed by atoms with Gasteiger partial charge in [0.05, 0.1) is 17.3 Å². The fourth-order valence-corrected chi connectivity index (χ4v) is 7.56. The minimum absolute atomic E-state index is 0.0999. The first-order valence-corrected chi connectivity index (χ1v) is 16.9. The van der Waals surface area contributed by atoms with E-state index in [1.54, 1.807) is 30.3 Å². The second-order valence-corrected chi connectivity index (χ2v) is 13.5. The highest BCUT2D eigenvalue weighted by Crippen LogP contribution is 2.37. The molecule has 3 amide bonds. The first kappa shape index (κ1) is 33.0. The van der Waals surface area contributed by atoms with Crippen molar-refractivity contribution in [2.75, 3.05) is 18.8 Å². The van der Waals surface area contributed by atoms with Gasteiger partial charge in [0.2, 0.25) is 11.8 Å². The number of piperidine rings is 2. The number of carbonyl (C=O) groups excluding carboxylic acids is 3. The molecule has 0 bridgehead atoms. The molecule has 2 aromatic carbocycles. The molecule has 2 atom stereocenters. The SMILES string of the molecule is CC(Oc1cc(-c2cnn(C3CCN(Cc4ccc5c(c4)CN(C4CCC(=O)NC4=O)C5=O)CC3)c2)cnc1N)c1c(Cl)ccc(F)c1Cl. The monoisotopic (exact) mass is 705 g/mol. The first-order chi connectivity index (χ1) is 23.5. The summed E-state index contributed by atoms with van der Waals surface area (Å²) in [6.07, 6.45) is 7.16. The summed E-state index contributed by atoms with van der Waals surface area (Å²) in [6, 6.07) is 9.92. The van der Waals surface area contributed by atoms with E-state index in [0.29, 0.717) is 29.8 Å². The van der Waals surface area contributed by atoms with E-state index < -0.39 is 23.9 Å². The number of nitrogens with zero attached hydrogens (tertiary/aromatic N) is 5. The molecule has 49 heavy (non-hydrogen) atoms. The quantitative estimate of drug-likeness (QED) is 0.176. The molecule has 4 aromatic rings. The van der Waals surface area contributed by atoms with Crippen LogP contribution in [0.4, 0.5) is 10.2 Å². The normalized spacial score (nSPS) is 19.2. The van der Waals surface area contributed by atoms with Crippen LogP contribution in [-0.2, 0) is 22.7 Å². The van der Waals surface area contributed by atoms with E-state index in [1.807, 2.05) is 23.0 Å². The molecule has 3 aliphatic heterocycles. The summed E-state index contributed by atoms with van der Waals surface area (Å²) in [5, 5.41) is 7.20. The number of amides is 3. The average molecular weight is 707 g/mol. The number of nitrogens with one attached hydrogen (secondary N) is 1. The lowest BCUT2D eigenvalue weighted by Gasteiger charge is -2.32. The summed E-state index contributed by atoms with van der Waals surface area (Å²) < 4.78 is 22.2. The summed E-state index contributed by atoms with van der Waals surface area (Å²) in [6.45, 7) is 4.59. The summed E-state index contributed by atoms with van der Waals surface area (Å²) in [7, 11) is 0. The number of hydrogen-bond donors (Lipinski definition) is 2. The number of likely N-dealkylation sites (tertiary alicyclic amines) is 1. The Morgan fingerprint density at radius 1 is 1.06 bits per heavy atom. The summed E-state index contributed by atoms with van der Waals surface area (Å²) in [5.74, 6) is -0.951. The Morgan fingerprint density at radius 3 is 2.63 bits per heavy atom. The van der Waals surface area contributed by atoms with Crippen LogP contribution in [0.1, 0.15) is 71.8 Å². The Morgan fingerprint density at radius 2 is 1.86 bits per heavy atom. The number of rotatable bonds is 8. The number of aromatic nitrogens is 3. The molecule has 3 aliphatic rings. The molecule has 7 rings (SSSR count). The van der Waals surface area contributed by atoms with E-state index in [0.717, 1.165) is 54.7 Å². The second-order valence-electron chi connectivity index (χ2n) is 12.7. The third-order valence-electron chi connectivity index (χ3n) is 9.53. The fraction of sp³-hybridized carbons (Fsp3) is 0.343. The number of nitrogens with two attached hydrogens (primary N) is 1. The number of imide groups is 1. The van der Waals surface area contributed by atoms with Crippen molar-refractivity contribution in [2.45, 2.75) is 63.9 Å². The molecule has 2 saturated heterocycles. The number of ether oxygens (including phenoxy) is 1. The zero-order valence-electron chi connectivity index (χ0n) is 26.7. The number of nitrogen functional groups attached to an aromatic ring is 1. The number of anilines is 1. The molecular formula is C35H34Cl2FN7O4. The molecular weight excluding hydrogens is 672 g/mol. The van der Waals surface area contributed by atoms with E-state index in [9.17, 15) is 18.8 Å². The molecule has 2 fully saturated rings. The van der Waals surface area contributed by atoms with Crippen LogP contribution in [0.15, 0.2) is 55.0 Å². The Balaban J connectivity index is 0.962. The number of pyridine rings is 1. The Labute approximate surface area is 292 Å². The maximum atomic E-state index is 14.1. The fourth-order valence-electron chi connectivity index (χ4n) is 6.89. The van der Waals surface area contributed by atoms with Crippen molar-refractivity contribution < 1.29 is 23.5 Å². The van der Waals surface area contributed by atoms with Crippen molar-refractivity contribution in [3.05, 3.63) is 93.1 Å². The molecule has 11 nitrogen and oxygen atoms in total. The van der Waals surface area contributed by atoms with Crippen LogP contribution < -0.4 is 15.8 Å². The largest absolute Gasteiger partial charge is 0.482 e. The number of fused-ring (bicyclic) bond motifs is 1. The van der Waals surface area contributed by atoms with Crippen molar-refractivity contribution in [3.63, 3.8) is 0 Å². The molecule has 5 heterocycles. The number of hydrogen-bond acceptors (Lipinski definition) is 8. The summed E-state index contributed by atoms with van der Waals surface area (Å²) >= 11 is 12.5. The zero-order chi connectivity index (χ0) is 34.4. The van der Waals surface area contributed by atoms with Crippen molar-refractivity contribution in [2.24, 2.45) is 0 Å². The molecule has 3 N–H and O–H groups in total. The van der Waals surface area contributed by atoms with Gasteiger partial charge in [-0.25, -0.2) is 9.37 Å². The summed E-state index contributed by atoms with van der Waals surface area (Å²) in [5.41, 5.74) is 10.7. The van der Waals surface area contributed by atoms with Crippen molar-refractivity contribution in [1.29, 1.82) is 0 Å². The second kappa shape index (κ2) is 13.4. The van der Waals surface area contributed by atoms with Gasteiger partial charge in [-0.2, -0.15) is 5.10 Å². The van der Waals surface area contributed by atoms with Gasteiger partial charge in [-0.1, -0.05) is 35.3 Å². The van der Waals surface area contributed by atoms with Crippen molar-refractivity contribution >= 4 is 46.7 Å². The lowest BCUT2D eigenvalue weighted by Crippen LogP contribution is -2.52. The summed E-state index contributed by atoms with van der Waals surface area (Å²) in [4.78, 5) is 45.3. The molecule has 0 spiro atoms. The highest BCUT2D eigenvalue weighted by molar-refractivity contribution is 6.36. The van der Waals surface area contributed by atoms with Crippen LogP contribution in [0.2, 0.25) is 10.0 Å². The van der Waals surface area contributed by atoms with Gasteiger partial charge in [0, 0.05) is 72.3 Å². The van der Waals surface area contributed by atoms with E-state index in [1.165, 1.54) is 12.1 Å². The van der Waals surface area contributed by atoms with Crippen LogP contribution in [0.25, 0.3) is 11.1 Å². The maximum absolute atomic E-state index is 14.1. The maximum Gasteiger partial charge on any atom is 0.255 e. The molecule has 0 radical (unpaired) electrons. The van der Waals surface area contributed by atoms with E-state index in [2.05, 4.69) is 26.4 Å². The van der Waals surface area contributed by atoms with Crippen LogP contribution >= 0.6 is 23.2 Å². The minimum Gasteiger partial charge on any atom is -0.482 e. The van der Waals surface area contributed by atoms with E-state index in [4.69, 9.17) is 33.7 Å². The standard InChI is InChI=1S/C35H34Cl2FN7O4/c1-19(31-26(36)4-5-27(38)32(31)37)49-29-13-21(14-40-33(29)39)23-15-41-45(18-23)24-8-10-43(11-9-24)16-20-2-3-25-22(12-20)17-44(35(25)48)28-6-7-30(46)42-34(28)47/h2-5,12-15,18-19,24,28H,6-11,16-17H2,1H3,(H2,39,40)(H,42,46,47). The van der Waals surface area contributed by atoms with Gasteiger partial charge in [-0.3, -0.25) is 29.3 Å². The lowest BCUT2D eigenvalue weighted by atomic mass is 10.0. The highest BCUT2D eigenvalue weighted by Gasteiger charge is 2.39. The smallest absolute Gasteiger partial charge is 0.255 e. The Kier molecular flexibility index (Phi) is 9.03. The topological polar surface area (TPSA) is 136 Å². The Bertz CT molecular complexity index is 1960. The van der Waals surface area contributed by atoms with Crippen LogP contribution in [-0.4, -0.2) is 61.4 Å². The predicted molar refractivity (Wildman–Crippen MR) is 181 cm³/mol. The number of carbonyl (C=O) groups is 3. The molecule has 0 aliphatic carbocycles. The first-order valence-electron chi connectivity index (χ1n) is 16.1. The van der Waals surface area contributed by atoms with Gasteiger partial charge in [-0.15, -0.1) is 0 Å². The van der Waals surface area contributed by atoms with Gasteiger partial charge in [0.15, 0.2) is 11.6 Å². The van der Waals surface area contributed by atoms with Crippen LogP contribution in [0.3, 0.4) is 0 Å². The molecule has 2 aromatic heterocycles. The third-order valence-corrected chi connectivity index (χ3v) is 10.2. The Hall–Kier alpha value is -4.52. The highest BCUT2D eigenvalue weighted by atomic mass is 35.5. The molecule has 0 saturated carbocycles. The molecule has 14 heteroatoms. The minimum atomic E-state index is -0.685.